The minimum Gasteiger partial charge on any atom is -0.478 e. The summed E-state index contributed by atoms with van der Waals surface area (Å²) in [4.78, 5) is 11.1. The molecule has 0 bridgehead atoms. The maximum atomic E-state index is 13.2. The van der Waals surface area contributed by atoms with Crippen LogP contribution in [-0.2, 0) is 4.79 Å². The second-order valence-corrected chi connectivity index (χ2v) is 5.31. The van der Waals surface area contributed by atoms with E-state index in [1.165, 1.54) is 0 Å². The average molecular weight is 322 g/mol. The molecule has 3 nitrogen and oxygen atoms in total. The average Bonchev–Trinajstić information content (AvgIpc) is 2.53. The first-order valence-corrected chi connectivity index (χ1v) is 7.06. The van der Waals surface area contributed by atoms with Crippen molar-refractivity contribution in [1.29, 1.82) is 0 Å². The van der Waals surface area contributed by atoms with Gasteiger partial charge in [0.05, 0.1) is 5.57 Å². The van der Waals surface area contributed by atoms with Gasteiger partial charge in [-0.25, -0.2) is 4.79 Å². The molecule has 0 aromatic heterocycles. The molecule has 23 heavy (non-hydrogen) atoms. The van der Waals surface area contributed by atoms with Crippen molar-refractivity contribution < 1.29 is 27.8 Å². The molecular weight excluding hydrogens is 309 g/mol. The van der Waals surface area contributed by atoms with E-state index in [2.05, 4.69) is 0 Å². The number of benzene rings is 1. The molecule has 0 spiro atoms. The molecule has 0 saturated carbocycles. The third-order valence-electron chi connectivity index (χ3n) is 3.72. The van der Waals surface area contributed by atoms with Gasteiger partial charge < -0.3 is 9.84 Å². The van der Waals surface area contributed by atoms with E-state index in [0.29, 0.717) is 11.1 Å². The summed E-state index contributed by atoms with van der Waals surface area (Å²) in [6.45, 7) is 0. The van der Waals surface area contributed by atoms with Crippen molar-refractivity contribution in [3.8, 4) is 5.75 Å². The van der Waals surface area contributed by atoms with Crippen molar-refractivity contribution >= 4 is 17.6 Å². The fourth-order valence-corrected chi connectivity index (χ4v) is 2.68. The Labute approximate surface area is 130 Å². The molecule has 1 aliphatic heterocycles. The van der Waals surface area contributed by atoms with Crippen LogP contribution < -0.4 is 4.74 Å². The molecular formula is C17H13F3O3. The van der Waals surface area contributed by atoms with Crippen molar-refractivity contribution in [3.63, 3.8) is 0 Å². The van der Waals surface area contributed by atoms with Gasteiger partial charge in [-0.1, -0.05) is 36.4 Å². The van der Waals surface area contributed by atoms with Crippen LogP contribution in [0.15, 0.2) is 42.0 Å². The fraction of sp³-hybridized carbons (Fsp3) is 0.235. The second-order valence-electron chi connectivity index (χ2n) is 5.31. The topological polar surface area (TPSA) is 46.5 Å². The summed E-state index contributed by atoms with van der Waals surface area (Å²) >= 11 is 0. The third kappa shape index (κ3) is 2.88. The molecule has 6 heteroatoms. The Balaban J connectivity index is 2.13. The van der Waals surface area contributed by atoms with E-state index in [1.54, 1.807) is 18.2 Å². The Morgan fingerprint density at radius 3 is 2.65 bits per heavy atom. The number of fused-ring (bicyclic) bond motifs is 1. The van der Waals surface area contributed by atoms with Gasteiger partial charge in [0, 0.05) is 11.1 Å². The minimum absolute atomic E-state index is 0.0672. The molecule has 1 aromatic rings. The van der Waals surface area contributed by atoms with Crippen LogP contribution in [-0.4, -0.2) is 23.4 Å². The second kappa shape index (κ2) is 5.61. The van der Waals surface area contributed by atoms with Crippen molar-refractivity contribution in [3.05, 3.63) is 53.1 Å². The molecule has 0 amide bonds. The SMILES string of the molecule is O=C(O)C1=Cc2cccc(C3=CCCC=C3)c2OC1C(F)(F)F. The Bertz CT molecular complexity index is 742. The number of hydrogen-bond donors (Lipinski definition) is 1. The van der Waals surface area contributed by atoms with Crippen molar-refractivity contribution in [2.75, 3.05) is 0 Å². The summed E-state index contributed by atoms with van der Waals surface area (Å²) in [6.07, 6.45) is 1.16. The number of aliphatic carboxylic acids is 1. The van der Waals surface area contributed by atoms with E-state index < -0.39 is 23.8 Å². The number of allylic oxidation sites excluding steroid dienone is 4. The van der Waals surface area contributed by atoms with Gasteiger partial charge in [0.2, 0.25) is 6.10 Å². The zero-order valence-corrected chi connectivity index (χ0v) is 11.9. The predicted octanol–water partition coefficient (Wildman–Crippen LogP) is 4.21. The summed E-state index contributed by atoms with van der Waals surface area (Å²) in [5.41, 5.74) is 0.838. The first-order valence-electron chi connectivity index (χ1n) is 7.06. The number of carboxylic acid groups (broad SMARTS) is 1. The smallest absolute Gasteiger partial charge is 0.430 e. The van der Waals surface area contributed by atoms with E-state index in [4.69, 9.17) is 9.84 Å². The Morgan fingerprint density at radius 2 is 2.04 bits per heavy atom. The maximum absolute atomic E-state index is 13.2. The van der Waals surface area contributed by atoms with E-state index in [0.717, 1.165) is 24.5 Å². The highest BCUT2D eigenvalue weighted by Crippen LogP contribution is 2.41. The van der Waals surface area contributed by atoms with Crippen LogP contribution in [0.25, 0.3) is 11.6 Å². The number of carboxylic acids is 1. The molecule has 0 fully saturated rings. The number of ether oxygens (including phenoxy) is 1. The summed E-state index contributed by atoms with van der Waals surface area (Å²) < 4.78 is 44.6. The van der Waals surface area contributed by atoms with Crippen LogP contribution in [0.1, 0.15) is 24.0 Å². The lowest BCUT2D eigenvalue weighted by Gasteiger charge is -2.28. The number of rotatable bonds is 2. The Morgan fingerprint density at radius 1 is 1.26 bits per heavy atom. The fourth-order valence-electron chi connectivity index (χ4n) is 2.68. The molecule has 1 unspecified atom stereocenters. The van der Waals surface area contributed by atoms with Gasteiger partial charge in [-0.15, -0.1) is 0 Å². The molecule has 3 rings (SSSR count). The molecule has 2 aliphatic rings. The normalized spacial score (nSPS) is 20.2. The van der Waals surface area contributed by atoms with Crippen LogP contribution in [0.2, 0.25) is 0 Å². The summed E-state index contributed by atoms with van der Waals surface area (Å²) in [6, 6.07) is 4.89. The van der Waals surface area contributed by atoms with E-state index in [1.807, 2.05) is 18.2 Å². The van der Waals surface area contributed by atoms with Gasteiger partial charge in [0.25, 0.3) is 0 Å². The predicted molar refractivity (Wildman–Crippen MR) is 78.9 cm³/mol. The number of hydrogen-bond acceptors (Lipinski definition) is 2. The van der Waals surface area contributed by atoms with Gasteiger partial charge in [-0.2, -0.15) is 13.2 Å². The molecule has 1 aliphatic carbocycles. The zero-order valence-electron chi connectivity index (χ0n) is 11.9. The van der Waals surface area contributed by atoms with E-state index >= 15 is 0 Å². The quantitative estimate of drug-likeness (QED) is 0.887. The number of carbonyl (C=O) groups is 1. The molecule has 0 saturated heterocycles. The van der Waals surface area contributed by atoms with Crippen LogP contribution in [0.3, 0.4) is 0 Å². The zero-order chi connectivity index (χ0) is 16.6. The highest BCUT2D eigenvalue weighted by Gasteiger charge is 2.48. The van der Waals surface area contributed by atoms with Gasteiger partial charge in [-0.05, 0) is 24.5 Å². The summed E-state index contributed by atoms with van der Waals surface area (Å²) in [5.74, 6) is -1.57. The molecule has 1 heterocycles. The lowest BCUT2D eigenvalue weighted by Crippen LogP contribution is -2.40. The highest BCUT2D eigenvalue weighted by molar-refractivity contribution is 5.96. The molecule has 120 valence electrons. The molecule has 1 aromatic carbocycles. The van der Waals surface area contributed by atoms with Crippen LogP contribution in [0.4, 0.5) is 13.2 Å². The number of para-hydroxylation sites is 1. The molecule has 1 atom stereocenters. The van der Waals surface area contributed by atoms with Gasteiger partial charge in [0.1, 0.15) is 5.75 Å². The van der Waals surface area contributed by atoms with Crippen molar-refractivity contribution in [1.82, 2.24) is 0 Å². The van der Waals surface area contributed by atoms with Crippen LogP contribution in [0, 0.1) is 0 Å². The monoisotopic (exact) mass is 322 g/mol. The number of halogens is 3. The highest BCUT2D eigenvalue weighted by atomic mass is 19.4. The van der Waals surface area contributed by atoms with E-state index in [9.17, 15) is 18.0 Å². The van der Waals surface area contributed by atoms with Crippen molar-refractivity contribution in [2.45, 2.75) is 25.1 Å². The molecule has 1 N–H and O–H groups in total. The molecule has 0 radical (unpaired) electrons. The lowest BCUT2D eigenvalue weighted by molar-refractivity contribution is -0.187. The van der Waals surface area contributed by atoms with Crippen molar-refractivity contribution in [2.24, 2.45) is 0 Å². The van der Waals surface area contributed by atoms with Crippen LogP contribution in [0.5, 0.6) is 5.75 Å². The van der Waals surface area contributed by atoms with Crippen LogP contribution >= 0.6 is 0 Å². The largest absolute Gasteiger partial charge is 0.478 e. The lowest BCUT2D eigenvalue weighted by atomic mass is 9.93. The van der Waals surface area contributed by atoms with Gasteiger partial charge >= 0.3 is 12.1 Å². The minimum atomic E-state index is -4.80. The van der Waals surface area contributed by atoms with Gasteiger partial charge in [0.15, 0.2) is 0 Å². The Kier molecular flexibility index (Phi) is 3.75. The first kappa shape index (κ1) is 15.4. The van der Waals surface area contributed by atoms with Gasteiger partial charge in [-0.3, -0.25) is 0 Å². The van der Waals surface area contributed by atoms with E-state index in [-0.39, 0.29) is 5.75 Å². The standard InChI is InChI=1S/C17H13F3O3/c18-17(19,20)15-13(16(21)22)9-11-7-4-8-12(14(11)23-15)10-5-2-1-3-6-10/h2,4-9,15H,1,3H2,(H,21,22). The summed E-state index contributed by atoms with van der Waals surface area (Å²) in [5, 5.41) is 9.04. The maximum Gasteiger partial charge on any atom is 0.430 e. The number of alkyl halides is 3. The third-order valence-corrected chi connectivity index (χ3v) is 3.72. The Hall–Kier alpha value is -2.50. The summed E-state index contributed by atoms with van der Waals surface area (Å²) in [7, 11) is 0. The first-order chi connectivity index (χ1) is 10.9.